The van der Waals surface area contributed by atoms with Crippen LogP contribution >= 0.6 is 0 Å². The molecule has 0 saturated heterocycles. The lowest BCUT2D eigenvalue weighted by molar-refractivity contribution is 0.516. The van der Waals surface area contributed by atoms with E-state index < -0.39 is 11.6 Å². The van der Waals surface area contributed by atoms with Gasteiger partial charge in [0.2, 0.25) is 0 Å². The van der Waals surface area contributed by atoms with Crippen LogP contribution in [0.4, 0.5) is 8.78 Å². The second-order valence-electron chi connectivity index (χ2n) is 4.83. The van der Waals surface area contributed by atoms with Crippen LogP contribution in [0.3, 0.4) is 0 Å². The lowest BCUT2D eigenvalue weighted by Crippen LogP contribution is -2.07. The fourth-order valence-corrected chi connectivity index (χ4v) is 3.00. The molecule has 0 saturated carbocycles. The van der Waals surface area contributed by atoms with Crippen molar-refractivity contribution in [3.8, 4) is 0 Å². The van der Waals surface area contributed by atoms with Crippen LogP contribution in [0.2, 0.25) is 0 Å². The second-order valence-corrected chi connectivity index (χ2v) is 4.83. The summed E-state index contributed by atoms with van der Waals surface area (Å²) in [5, 5.41) is 0.486. The number of aryl methyl sites for hydroxylation is 2. The van der Waals surface area contributed by atoms with Gasteiger partial charge in [0.05, 0.1) is 5.52 Å². The smallest absolute Gasteiger partial charge is 0.168 e. The monoisotopic (exact) mass is 250 g/mol. The Balaban J connectivity index is 2.26. The first-order chi connectivity index (χ1) is 8.74. The van der Waals surface area contributed by atoms with Crippen molar-refractivity contribution < 1.29 is 8.78 Å². The summed E-state index contributed by atoms with van der Waals surface area (Å²) in [6.45, 7) is 1.39. The molecule has 96 valence electrons. The maximum Gasteiger partial charge on any atom is 0.168 e. The van der Waals surface area contributed by atoms with Gasteiger partial charge in [0.1, 0.15) is 0 Å². The van der Waals surface area contributed by atoms with E-state index in [-0.39, 0.29) is 0 Å². The van der Waals surface area contributed by atoms with Crippen molar-refractivity contribution in [2.45, 2.75) is 32.2 Å². The molecular weight excluding hydrogens is 234 g/mol. The Hall–Kier alpha value is -1.42. The maximum absolute atomic E-state index is 14.0. The van der Waals surface area contributed by atoms with E-state index in [4.69, 9.17) is 5.73 Å². The van der Waals surface area contributed by atoms with Crippen LogP contribution in [-0.4, -0.2) is 11.1 Å². The van der Waals surface area contributed by atoms with Gasteiger partial charge in [-0.1, -0.05) is 0 Å². The Kier molecular flexibility index (Phi) is 2.82. The number of rotatable bonds is 3. The summed E-state index contributed by atoms with van der Waals surface area (Å²) in [6.07, 6.45) is 3.69. The van der Waals surface area contributed by atoms with Gasteiger partial charge in [-0.3, -0.25) is 0 Å². The zero-order chi connectivity index (χ0) is 12.7. The van der Waals surface area contributed by atoms with Crippen LogP contribution in [0.25, 0.3) is 10.9 Å². The fourth-order valence-electron chi connectivity index (χ4n) is 3.00. The van der Waals surface area contributed by atoms with Gasteiger partial charge in [-0.25, -0.2) is 8.78 Å². The van der Waals surface area contributed by atoms with Gasteiger partial charge in [0, 0.05) is 17.6 Å². The third kappa shape index (κ3) is 1.56. The summed E-state index contributed by atoms with van der Waals surface area (Å²) in [6, 6.07) is 2.90. The Morgan fingerprint density at radius 2 is 2.06 bits per heavy atom. The van der Waals surface area contributed by atoms with Crippen molar-refractivity contribution in [3.05, 3.63) is 35.0 Å². The highest BCUT2D eigenvalue weighted by Gasteiger charge is 2.24. The van der Waals surface area contributed by atoms with Gasteiger partial charge < -0.3 is 10.3 Å². The summed E-state index contributed by atoms with van der Waals surface area (Å²) >= 11 is 0. The molecule has 0 amide bonds. The first-order valence-electron chi connectivity index (χ1n) is 6.42. The normalized spacial score (nSPS) is 14.4. The molecule has 1 aliphatic carbocycles. The van der Waals surface area contributed by atoms with E-state index in [0.717, 1.165) is 43.3 Å². The number of fused-ring (bicyclic) bond motifs is 3. The lowest BCUT2D eigenvalue weighted by Gasteiger charge is -2.08. The standard InChI is InChI=1S/C14H16F2N2/c15-10-5-6-12-13(14(10)16)9-3-1-4-11(9)18(12)8-2-7-17/h5-6H,1-4,7-8,17H2. The van der Waals surface area contributed by atoms with Crippen LogP contribution in [0.5, 0.6) is 0 Å². The maximum atomic E-state index is 14.0. The zero-order valence-electron chi connectivity index (χ0n) is 10.2. The molecule has 4 heteroatoms. The van der Waals surface area contributed by atoms with Gasteiger partial charge in [-0.15, -0.1) is 0 Å². The summed E-state index contributed by atoms with van der Waals surface area (Å²) in [5.41, 5.74) is 8.52. The van der Waals surface area contributed by atoms with E-state index in [2.05, 4.69) is 4.57 Å². The predicted molar refractivity (Wildman–Crippen MR) is 67.6 cm³/mol. The second kappa shape index (κ2) is 4.35. The molecule has 0 atom stereocenters. The zero-order valence-corrected chi connectivity index (χ0v) is 10.2. The summed E-state index contributed by atoms with van der Waals surface area (Å²) in [5.74, 6) is -1.45. The third-order valence-corrected chi connectivity index (χ3v) is 3.77. The van der Waals surface area contributed by atoms with Gasteiger partial charge >= 0.3 is 0 Å². The van der Waals surface area contributed by atoms with E-state index in [9.17, 15) is 8.78 Å². The summed E-state index contributed by atoms with van der Waals surface area (Å²) in [7, 11) is 0. The fraction of sp³-hybridized carbons (Fsp3) is 0.429. The molecular formula is C14H16F2N2. The van der Waals surface area contributed by atoms with E-state index in [0.29, 0.717) is 11.9 Å². The molecule has 2 aromatic rings. The van der Waals surface area contributed by atoms with E-state index in [1.807, 2.05) is 0 Å². The third-order valence-electron chi connectivity index (χ3n) is 3.77. The highest BCUT2D eigenvalue weighted by atomic mass is 19.2. The number of aromatic nitrogens is 1. The topological polar surface area (TPSA) is 30.9 Å². The van der Waals surface area contributed by atoms with Crippen LogP contribution in [-0.2, 0) is 19.4 Å². The lowest BCUT2D eigenvalue weighted by atomic mass is 10.1. The molecule has 1 heterocycles. The number of hydrogen-bond donors (Lipinski definition) is 1. The molecule has 0 bridgehead atoms. The first kappa shape index (κ1) is 11.7. The highest BCUT2D eigenvalue weighted by Crippen LogP contribution is 2.35. The predicted octanol–water partition coefficient (Wildman–Crippen LogP) is 2.76. The molecule has 0 unspecified atom stereocenters. The Morgan fingerprint density at radius 3 is 2.83 bits per heavy atom. The largest absolute Gasteiger partial charge is 0.344 e. The van der Waals surface area contributed by atoms with Crippen molar-refractivity contribution in [2.75, 3.05) is 6.54 Å². The molecule has 0 spiro atoms. The van der Waals surface area contributed by atoms with Crippen molar-refractivity contribution in [2.24, 2.45) is 5.73 Å². The molecule has 1 aliphatic rings. The minimum Gasteiger partial charge on any atom is -0.344 e. The van der Waals surface area contributed by atoms with Crippen molar-refractivity contribution in [1.29, 1.82) is 0 Å². The Labute approximate surface area is 104 Å². The Morgan fingerprint density at radius 1 is 1.22 bits per heavy atom. The molecule has 0 aliphatic heterocycles. The van der Waals surface area contributed by atoms with Crippen molar-refractivity contribution in [3.63, 3.8) is 0 Å². The van der Waals surface area contributed by atoms with Crippen LogP contribution in [0, 0.1) is 11.6 Å². The van der Waals surface area contributed by atoms with Crippen molar-refractivity contribution in [1.82, 2.24) is 4.57 Å². The van der Waals surface area contributed by atoms with Gasteiger partial charge in [0.15, 0.2) is 11.6 Å². The van der Waals surface area contributed by atoms with Gasteiger partial charge in [-0.2, -0.15) is 0 Å². The number of hydrogen-bond acceptors (Lipinski definition) is 1. The molecule has 2 nitrogen and oxygen atoms in total. The van der Waals surface area contributed by atoms with Gasteiger partial charge in [0.25, 0.3) is 0 Å². The van der Waals surface area contributed by atoms with Crippen molar-refractivity contribution >= 4 is 10.9 Å². The molecule has 2 N–H and O–H groups in total. The van der Waals surface area contributed by atoms with E-state index in [1.165, 1.54) is 11.8 Å². The molecule has 0 radical (unpaired) electrons. The van der Waals surface area contributed by atoms with E-state index >= 15 is 0 Å². The van der Waals surface area contributed by atoms with Crippen LogP contribution in [0.1, 0.15) is 24.1 Å². The highest BCUT2D eigenvalue weighted by molar-refractivity contribution is 5.87. The van der Waals surface area contributed by atoms with Gasteiger partial charge in [-0.05, 0) is 49.9 Å². The molecule has 0 fully saturated rings. The van der Waals surface area contributed by atoms with E-state index in [1.54, 1.807) is 6.07 Å². The minimum absolute atomic E-state index is 0.486. The van der Waals surface area contributed by atoms with Crippen LogP contribution in [0.15, 0.2) is 12.1 Å². The number of nitrogens with zero attached hydrogens (tertiary/aromatic N) is 1. The SMILES string of the molecule is NCCCn1c2c(c3c(F)c(F)ccc31)CCC2. The number of nitrogens with two attached hydrogens (primary N) is 1. The molecule has 1 aromatic carbocycles. The number of halogens is 2. The minimum atomic E-state index is -0.756. The quantitative estimate of drug-likeness (QED) is 0.892. The number of benzene rings is 1. The molecule has 18 heavy (non-hydrogen) atoms. The molecule has 1 aromatic heterocycles. The Bertz CT molecular complexity index is 602. The summed E-state index contributed by atoms with van der Waals surface area (Å²) < 4.78 is 29.5. The summed E-state index contributed by atoms with van der Waals surface area (Å²) in [4.78, 5) is 0. The van der Waals surface area contributed by atoms with Crippen LogP contribution < -0.4 is 5.73 Å². The first-order valence-corrected chi connectivity index (χ1v) is 6.42. The average Bonchev–Trinajstić information content (AvgIpc) is 2.92. The average molecular weight is 250 g/mol. The molecule has 3 rings (SSSR count).